The fourth-order valence-electron chi connectivity index (χ4n) is 4.24. The van der Waals surface area contributed by atoms with E-state index in [2.05, 4.69) is 0 Å². The maximum absolute atomic E-state index is 12.7. The second-order valence-corrected chi connectivity index (χ2v) is 6.62. The maximum Gasteiger partial charge on any atom is 0.338 e. The number of carbonyl (C=O) groups is 2. The van der Waals surface area contributed by atoms with Gasteiger partial charge in [-0.05, 0) is 44.2 Å². The Morgan fingerprint density at radius 3 is 2.90 bits per heavy atom. The van der Waals surface area contributed by atoms with Gasteiger partial charge in [-0.25, -0.2) is 4.79 Å². The van der Waals surface area contributed by atoms with Gasteiger partial charge >= 0.3 is 5.97 Å². The highest BCUT2D eigenvalue weighted by Gasteiger charge is 2.73. The number of ketones is 1. The number of carbonyl (C=O) groups excluding carboxylic acids is 2. The molecule has 1 aromatic carbocycles. The first-order valence-electron chi connectivity index (χ1n) is 7.51. The van der Waals surface area contributed by atoms with E-state index in [9.17, 15) is 9.59 Å². The minimum absolute atomic E-state index is 0.0638. The molecule has 4 atom stereocenters. The van der Waals surface area contributed by atoms with E-state index in [1.807, 2.05) is 13.0 Å². The Hall–Kier alpha value is -1.68. The second kappa shape index (κ2) is 4.17. The summed E-state index contributed by atoms with van der Waals surface area (Å²) in [6, 6.07) is 8.89. The van der Waals surface area contributed by atoms with Crippen LogP contribution in [-0.4, -0.2) is 30.1 Å². The Bertz CT molecular complexity index is 610. The highest BCUT2D eigenvalue weighted by molar-refractivity contribution is 5.97. The summed E-state index contributed by atoms with van der Waals surface area (Å²) < 4.78 is 11.4. The number of esters is 1. The van der Waals surface area contributed by atoms with Crippen LogP contribution in [0.3, 0.4) is 0 Å². The molecular weight excluding hydrogens is 268 g/mol. The first kappa shape index (κ1) is 13.0. The monoisotopic (exact) mass is 286 g/mol. The van der Waals surface area contributed by atoms with Crippen LogP contribution in [0.5, 0.6) is 0 Å². The predicted molar refractivity (Wildman–Crippen MR) is 74.8 cm³/mol. The molecule has 0 radical (unpaired) electrons. The van der Waals surface area contributed by atoms with Gasteiger partial charge in [-0.1, -0.05) is 18.2 Å². The quantitative estimate of drug-likeness (QED) is 0.800. The minimum Gasteiger partial charge on any atom is -0.461 e. The molecule has 4 rings (SSSR count). The number of hydrogen-bond donors (Lipinski definition) is 0. The van der Waals surface area contributed by atoms with Crippen molar-refractivity contribution in [3.8, 4) is 0 Å². The van der Waals surface area contributed by atoms with Crippen molar-refractivity contribution in [3.63, 3.8) is 0 Å². The van der Waals surface area contributed by atoms with E-state index in [4.69, 9.17) is 9.47 Å². The van der Waals surface area contributed by atoms with Crippen molar-refractivity contribution in [2.24, 2.45) is 11.3 Å². The number of benzene rings is 1. The number of ether oxygens (including phenoxy) is 2. The zero-order valence-electron chi connectivity index (χ0n) is 12.0. The van der Waals surface area contributed by atoms with Crippen LogP contribution in [0.15, 0.2) is 30.3 Å². The van der Waals surface area contributed by atoms with Crippen molar-refractivity contribution in [3.05, 3.63) is 35.9 Å². The van der Waals surface area contributed by atoms with Crippen LogP contribution < -0.4 is 0 Å². The lowest BCUT2D eigenvalue weighted by atomic mass is 9.51. The first-order chi connectivity index (χ1) is 10.1. The largest absolute Gasteiger partial charge is 0.461 e. The fourth-order valence-corrected chi connectivity index (χ4v) is 4.24. The molecule has 4 nitrogen and oxygen atoms in total. The van der Waals surface area contributed by atoms with Crippen LogP contribution in [0.2, 0.25) is 0 Å². The number of hydrogen-bond acceptors (Lipinski definition) is 4. The maximum atomic E-state index is 12.7. The summed E-state index contributed by atoms with van der Waals surface area (Å²) in [5, 5.41) is 0. The van der Waals surface area contributed by atoms with Crippen LogP contribution in [0.4, 0.5) is 0 Å². The first-order valence-corrected chi connectivity index (χ1v) is 7.51. The lowest BCUT2D eigenvalue weighted by Crippen LogP contribution is -2.60. The fraction of sp³-hybridized carbons (Fsp3) is 0.529. The van der Waals surface area contributed by atoms with Gasteiger partial charge in [-0.3, -0.25) is 4.79 Å². The summed E-state index contributed by atoms with van der Waals surface area (Å²) in [5.41, 5.74) is -0.707. The molecule has 0 amide bonds. The summed E-state index contributed by atoms with van der Waals surface area (Å²) in [5.74, 6) is 0.0915. The average Bonchev–Trinajstić information content (AvgIpc) is 2.67. The minimum atomic E-state index is -0.656. The van der Waals surface area contributed by atoms with Gasteiger partial charge in [-0.15, -0.1) is 0 Å². The van der Waals surface area contributed by atoms with E-state index in [0.29, 0.717) is 11.5 Å². The zero-order chi connectivity index (χ0) is 14.7. The molecule has 0 spiro atoms. The van der Waals surface area contributed by atoms with Gasteiger partial charge in [0.25, 0.3) is 0 Å². The van der Waals surface area contributed by atoms with Crippen LogP contribution in [0, 0.1) is 11.3 Å². The predicted octanol–water partition coefficient (Wildman–Crippen LogP) is 2.37. The molecule has 1 aromatic rings. The standard InChI is InChI=1S/C17H18O4/c1-16-8-7-12-9-13(21-16)17(12,15(16)19)10-20-14(18)11-5-3-2-4-6-11/h2-6,12-13H,7-10H2,1H3. The van der Waals surface area contributed by atoms with Crippen LogP contribution in [0.1, 0.15) is 36.5 Å². The van der Waals surface area contributed by atoms with Crippen molar-refractivity contribution in [1.29, 1.82) is 0 Å². The molecule has 3 fully saturated rings. The van der Waals surface area contributed by atoms with Gasteiger partial charge in [0.05, 0.1) is 17.1 Å². The molecule has 21 heavy (non-hydrogen) atoms. The van der Waals surface area contributed by atoms with Gasteiger partial charge in [0, 0.05) is 0 Å². The lowest BCUT2D eigenvalue weighted by molar-refractivity contribution is -0.149. The Balaban J connectivity index is 1.53. The normalized spacial score (nSPS) is 39.8. The second-order valence-electron chi connectivity index (χ2n) is 6.62. The smallest absolute Gasteiger partial charge is 0.338 e. The Labute approximate surface area is 123 Å². The average molecular weight is 286 g/mol. The highest BCUT2D eigenvalue weighted by atomic mass is 16.6. The third-order valence-corrected chi connectivity index (χ3v) is 5.53. The molecule has 110 valence electrons. The molecule has 2 aliphatic carbocycles. The van der Waals surface area contributed by atoms with Gasteiger partial charge in [0.2, 0.25) is 0 Å². The van der Waals surface area contributed by atoms with Gasteiger partial charge in [-0.2, -0.15) is 0 Å². The third kappa shape index (κ3) is 1.59. The zero-order valence-corrected chi connectivity index (χ0v) is 12.0. The number of fused-ring (bicyclic) bond motifs is 1. The van der Waals surface area contributed by atoms with E-state index >= 15 is 0 Å². The van der Waals surface area contributed by atoms with Gasteiger partial charge < -0.3 is 9.47 Å². The number of rotatable bonds is 3. The molecule has 1 heterocycles. The third-order valence-electron chi connectivity index (χ3n) is 5.53. The van der Waals surface area contributed by atoms with Crippen molar-refractivity contribution in [1.82, 2.24) is 0 Å². The van der Waals surface area contributed by atoms with Crippen molar-refractivity contribution in [2.45, 2.75) is 37.9 Å². The van der Waals surface area contributed by atoms with E-state index in [0.717, 1.165) is 19.3 Å². The molecule has 4 unspecified atom stereocenters. The number of Topliss-reactive ketones (excluding diaryl/α,β-unsaturated/α-hetero) is 1. The van der Waals surface area contributed by atoms with Crippen LogP contribution in [-0.2, 0) is 14.3 Å². The Kier molecular flexibility index (Phi) is 2.58. The summed E-state index contributed by atoms with van der Waals surface area (Å²) in [7, 11) is 0. The summed E-state index contributed by atoms with van der Waals surface area (Å²) in [4.78, 5) is 24.8. The summed E-state index contributed by atoms with van der Waals surface area (Å²) in [6.07, 6.45) is 2.64. The van der Waals surface area contributed by atoms with Crippen molar-refractivity contribution in [2.75, 3.05) is 6.61 Å². The molecule has 2 saturated carbocycles. The topological polar surface area (TPSA) is 52.6 Å². The Morgan fingerprint density at radius 2 is 2.14 bits per heavy atom. The SMILES string of the molecule is CC12CCC3CC(O1)C3(COC(=O)c1ccccc1)C2=O. The lowest BCUT2D eigenvalue weighted by Gasteiger charge is -2.50. The van der Waals surface area contributed by atoms with Gasteiger partial charge in [0.15, 0.2) is 5.78 Å². The molecule has 0 aromatic heterocycles. The summed E-state index contributed by atoms with van der Waals surface area (Å²) in [6.45, 7) is 2.04. The molecule has 2 bridgehead atoms. The van der Waals surface area contributed by atoms with Crippen LogP contribution in [0.25, 0.3) is 0 Å². The molecule has 1 aliphatic heterocycles. The van der Waals surface area contributed by atoms with Crippen molar-refractivity contribution >= 4 is 11.8 Å². The van der Waals surface area contributed by atoms with Crippen LogP contribution >= 0.6 is 0 Å². The molecular formula is C17H18O4. The molecule has 1 saturated heterocycles. The van der Waals surface area contributed by atoms with Crippen molar-refractivity contribution < 1.29 is 19.1 Å². The molecule has 4 heteroatoms. The highest BCUT2D eigenvalue weighted by Crippen LogP contribution is 2.63. The van der Waals surface area contributed by atoms with E-state index in [1.165, 1.54) is 0 Å². The Morgan fingerprint density at radius 1 is 1.38 bits per heavy atom. The van der Waals surface area contributed by atoms with E-state index in [-0.39, 0.29) is 24.5 Å². The van der Waals surface area contributed by atoms with E-state index < -0.39 is 11.0 Å². The summed E-state index contributed by atoms with van der Waals surface area (Å²) >= 11 is 0. The van der Waals surface area contributed by atoms with E-state index in [1.54, 1.807) is 24.3 Å². The molecule has 0 N–H and O–H groups in total. The molecule has 3 aliphatic rings. The van der Waals surface area contributed by atoms with Gasteiger partial charge in [0.1, 0.15) is 12.2 Å².